The molecule has 1 saturated carbocycles. The molecule has 82 valence electrons. The molecule has 0 atom stereocenters. The minimum absolute atomic E-state index is 0.0470. The molecule has 0 aromatic heterocycles. The maximum Gasteiger partial charge on any atom is 0.227 e. The lowest BCUT2D eigenvalue weighted by Crippen LogP contribution is -2.24. The Labute approximate surface area is 94.2 Å². The summed E-state index contributed by atoms with van der Waals surface area (Å²) in [5.41, 5.74) is 1.23. The van der Waals surface area contributed by atoms with Crippen molar-refractivity contribution >= 4 is 18.3 Å². The summed E-state index contributed by atoms with van der Waals surface area (Å²) in [6.07, 6.45) is 4.22. The number of nitrogens with one attached hydrogen (secondary N) is 1. The van der Waals surface area contributed by atoms with E-state index >= 15 is 0 Å². The smallest absolute Gasteiger partial charge is 0.227 e. The van der Waals surface area contributed by atoms with Crippen molar-refractivity contribution in [3.63, 3.8) is 0 Å². The minimum atomic E-state index is -0.0470. The number of aldehydes is 1. The standard InChI is InChI=1S/C13H13NO2/c15-9-12(14-13(16)11-6-7-11)8-10-4-2-1-3-5-10/h1-5,8-9,11H,6-7H2,(H,14,16). The molecule has 0 saturated heterocycles. The lowest BCUT2D eigenvalue weighted by Gasteiger charge is -2.02. The van der Waals surface area contributed by atoms with Crippen LogP contribution in [0.15, 0.2) is 36.0 Å². The molecule has 0 spiro atoms. The molecule has 16 heavy (non-hydrogen) atoms. The van der Waals surface area contributed by atoms with Crippen LogP contribution in [-0.2, 0) is 9.59 Å². The van der Waals surface area contributed by atoms with Crippen LogP contribution in [0, 0.1) is 5.92 Å². The maximum absolute atomic E-state index is 11.5. The van der Waals surface area contributed by atoms with E-state index in [1.807, 2.05) is 30.3 Å². The quantitative estimate of drug-likeness (QED) is 0.614. The molecule has 0 radical (unpaired) electrons. The second-order valence-corrected chi connectivity index (χ2v) is 3.89. The van der Waals surface area contributed by atoms with E-state index in [0.29, 0.717) is 12.0 Å². The van der Waals surface area contributed by atoms with E-state index in [-0.39, 0.29) is 11.8 Å². The second kappa shape index (κ2) is 4.75. The lowest BCUT2D eigenvalue weighted by molar-refractivity contribution is -0.122. The topological polar surface area (TPSA) is 46.2 Å². The molecule has 1 fully saturated rings. The van der Waals surface area contributed by atoms with Gasteiger partial charge in [0.05, 0.1) is 5.70 Å². The second-order valence-electron chi connectivity index (χ2n) is 3.89. The average Bonchev–Trinajstić information content (AvgIpc) is 3.13. The van der Waals surface area contributed by atoms with Crippen molar-refractivity contribution in [3.8, 4) is 0 Å². The Morgan fingerprint density at radius 3 is 2.50 bits per heavy atom. The first-order valence-corrected chi connectivity index (χ1v) is 5.32. The number of carbonyl (C=O) groups is 2. The molecule has 1 N–H and O–H groups in total. The highest BCUT2D eigenvalue weighted by Crippen LogP contribution is 2.29. The molecule has 0 heterocycles. The number of hydrogen-bond donors (Lipinski definition) is 1. The van der Waals surface area contributed by atoms with Gasteiger partial charge < -0.3 is 5.32 Å². The predicted octanol–water partition coefficient (Wildman–Crippen LogP) is 1.75. The SMILES string of the molecule is O=CC(=Cc1ccccc1)NC(=O)C1CC1. The van der Waals surface area contributed by atoms with Crippen LogP contribution in [-0.4, -0.2) is 12.2 Å². The first-order chi connectivity index (χ1) is 7.79. The van der Waals surface area contributed by atoms with Crippen LogP contribution >= 0.6 is 0 Å². The van der Waals surface area contributed by atoms with Crippen LogP contribution in [0.5, 0.6) is 0 Å². The van der Waals surface area contributed by atoms with Gasteiger partial charge in [-0.2, -0.15) is 0 Å². The van der Waals surface area contributed by atoms with Crippen LogP contribution in [0.1, 0.15) is 18.4 Å². The van der Waals surface area contributed by atoms with Crippen molar-refractivity contribution in [1.82, 2.24) is 5.32 Å². The lowest BCUT2D eigenvalue weighted by atomic mass is 10.2. The number of hydrogen-bond acceptors (Lipinski definition) is 2. The van der Waals surface area contributed by atoms with E-state index in [4.69, 9.17) is 0 Å². The summed E-state index contributed by atoms with van der Waals surface area (Å²) in [4.78, 5) is 22.3. The summed E-state index contributed by atoms with van der Waals surface area (Å²) < 4.78 is 0. The monoisotopic (exact) mass is 215 g/mol. The Hall–Kier alpha value is -1.90. The summed E-state index contributed by atoms with van der Waals surface area (Å²) in [5, 5.41) is 2.63. The molecule has 0 unspecified atom stereocenters. The van der Waals surface area contributed by atoms with Crippen molar-refractivity contribution in [2.45, 2.75) is 12.8 Å². The zero-order valence-corrected chi connectivity index (χ0v) is 8.85. The third-order valence-corrected chi connectivity index (χ3v) is 2.46. The minimum Gasteiger partial charge on any atom is -0.323 e. The zero-order chi connectivity index (χ0) is 11.4. The Bertz CT molecular complexity index is 419. The first kappa shape index (κ1) is 10.6. The van der Waals surface area contributed by atoms with Gasteiger partial charge in [-0.1, -0.05) is 30.3 Å². The molecular formula is C13H13NO2. The van der Waals surface area contributed by atoms with E-state index in [2.05, 4.69) is 5.32 Å². The number of amides is 1. The Balaban J connectivity index is 2.06. The maximum atomic E-state index is 11.5. The van der Waals surface area contributed by atoms with Gasteiger partial charge in [-0.15, -0.1) is 0 Å². The molecular weight excluding hydrogens is 202 g/mol. The van der Waals surface area contributed by atoms with Crippen molar-refractivity contribution in [2.75, 3.05) is 0 Å². The fourth-order valence-corrected chi connectivity index (χ4v) is 1.42. The van der Waals surface area contributed by atoms with Gasteiger partial charge >= 0.3 is 0 Å². The highest BCUT2D eigenvalue weighted by atomic mass is 16.2. The number of benzene rings is 1. The van der Waals surface area contributed by atoms with Gasteiger partial charge in [0.25, 0.3) is 0 Å². The fraction of sp³-hybridized carbons (Fsp3) is 0.231. The summed E-state index contributed by atoms with van der Waals surface area (Å²) in [7, 11) is 0. The van der Waals surface area contributed by atoms with Crippen molar-refractivity contribution < 1.29 is 9.59 Å². The average molecular weight is 215 g/mol. The molecule has 3 heteroatoms. The molecule has 1 aromatic rings. The Morgan fingerprint density at radius 1 is 1.25 bits per heavy atom. The van der Waals surface area contributed by atoms with Gasteiger partial charge in [-0.25, -0.2) is 0 Å². The third-order valence-electron chi connectivity index (χ3n) is 2.46. The van der Waals surface area contributed by atoms with Gasteiger partial charge in [0.15, 0.2) is 6.29 Å². The van der Waals surface area contributed by atoms with E-state index in [9.17, 15) is 9.59 Å². The summed E-state index contributed by atoms with van der Waals surface area (Å²) >= 11 is 0. The van der Waals surface area contributed by atoms with Crippen molar-refractivity contribution in [1.29, 1.82) is 0 Å². The van der Waals surface area contributed by atoms with Gasteiger partial charge in [-0.05, 0) is 24.5 Å². The molecule has 1 aliphatic carbocycles. The summed E-state index contributed by atoms with van der Waals surface area (Å²) in [6.45, 7) is 0. The van der Waals surface area contributed by atoms with Crippen LogP contribution in [0.4, 0.5) is 0 Å². The van der Waals surface area contributed by atoms with Crippen LogP contribution in [0.2, 0.25) is 0 Å². The molecule has 2 rings (SSSR count). The molecule has 3 nitrogen and oxygen atoms in total. The fourth-order valence-electron chi connectivity index (χ4n) is 1.42. The van der Waals surface area contributed by atoms with Crippen LogP contribution in [0.25, 0.3) is 6.08 Å². The van der Waals surface area contributed by atoms with Crippen LogP contribution in [0.3, 0.4) is 0 Å². The van der Waals surface area contributed by atoms with Crippen LogP contribution < -0.4 is 5.32 Å². The number of rotatable bonds is 4. The summed E-state index contributed by atoms with van der Waals surface area (Å²) in [5.74, 6) is 0.0633. The van der Waals surface area contributed by atoms with Gasteiger partial charge in [0.2, 0.25) is 5.91 Å². The molecule has 1 amide bonds. The van der Waals surface area contributed by atoms with E-state index in [1.54, 1.807) is 6.08 Å². The van der Waals surface area contributed by atoms with Gasteiger partial charge in [0.1, 0.15) is 0 Å². The molecule has 1 aliphatic rings. The van der Waals surface area contributed by atoms with Gasteiger partial charge in [-0.3, -0.25) is 9.59 Å². The van der Waals surface area contributed by atoms with Gasteiger partial charge in [0, 0.05) is 5.92 Å². The van der Waals surface area contributed by atoms with E-state index in [1.165, 1.54) is 0 Å². The molecule has 1 aromatic carbocycles. The highest BCUT2D eigenvalue weighted by Gasteiger charge is 2.29. The number of allylic oxidation sites excluding steroid dienone is 1. The largest absolute Gasteiger partial charge is 0.323 e. The van der Waals surface area contributed by atoms with Crippen molar-refractivity contribution in [2.24, 2.45) is 5.92 Å². The molecule has 0 aliphatic heterocycles. The van der Waals surface area contributed by atoms with E-state index < -0.39 is 0 Å². The van der Waals surface area contributed by atoms with E-state index in [0.717, 1.165) is 18.4 Å². The molecule has 0 bridgehead atoms. The third kappa shape index (κ3) is 2.79. The Morgan fingerprint density at radius 2 is 1.94 bits per heavy atom. The first-order valence-electron chi connectivity index (χ1n) is 5.32. The summed E-state index contributed by atoms with van der Waals surface area (Å²) in [6, 6.07) is 9.44. The van der Waals surface area contributed by atoms with Crippen molar-refractivity contribution in [3.05, 3.63) is 41.6 Å². The number of carbonyl (C=O) groups excluding carboxylic acids is 2. The normalized spacial score (nSPS) is 15.6. The Kier molecular flexibility index (Phi) is 3.15. The zero-order valence-electron chi connectivity index (χ0n) is 8.85. The predicted molar refractivity (Wildman–Crippen MR) is 61.3 cm³/mol. The highest BCUT2D eigenvalue weighted by molar-refractivity contribution is 5.91.